The van der Waals surface area contributed by atoms with Gasteiger partial charge in [-0.05, 0) is 31.2 Å². The number of hydrogen-bond acceptors (Lipinski definition) is 4. The van der Waals surface area contributed by atoms with Crippen LogP contribution in [0.4, 0.5) is 5.69 Å². The molecule has 0 spiro atoms. The van der Waals surface area contributed by atoms with Gasteiger partial charge in [0.2, 0.25) is 15.9 Å². The molecule has 128 valence electrons. The van der Waals surface area contributed by atoms with Crippen molar-refractivity contribution < 1.29 is 17.9 Å². The maximum Gasteiger partial charge on any atom is 0.243 e. The predicted octanol–water partition coefficient (Wildman–Crippen LogP) is 2.08. The first-order valence-electron chi connectivity index (χ1n) is 7.63. The third-order valence-corrected chi connectivity index (χ3v) is 5.73. The lowest BCUT2D eigenvalue weighted by Gasteiger charge is -2.32. The standard InChI is InChI=1S/C16H24N2O4S/c1-12-11-22-10-9-18(12)23(20,21)14-7-5-13(6-8-14)17-15(19)16(2,3)4/h5-8,12H,9-11H2,1-4H3,(H,17,19). The van der Waals surface area contributed by atoms with E-state index in [0.717, 1.165) is 0 Å². The Kier molecular flexibility index (Phi) is 5.13. The van der Waals surface area contributed by atoms with Crippen molar-refractivity contribution in [3.63, 3.8) is 0 Å². The summed E-state index contributed by atoms with van der Waals surface area (Å²) >= 11 is 0. The van der Waals surface area contributed by atoms with E-state index in [4.69, 9.17) is 4.74 Å². The van der Waals surface area contributed by atoms with Crippen LogP contribution in [0.15, 0.2) is 29.2 Å². The van der Waals surface area contributed by atoms with Crippen LogP contribution in [0.2, 0.25) is 0 Å². The monoisotopic (exact) mass is 340 g/mol. The Bertz CT molecular complexity index is 662. The average molecular weight is 340 g/mol. The predicted molar refractivity (Wildman–Crippen MR) is 88.7 cm³/mol. The van der Waals surface area contributed by atoms with Crippen molar-refractivity contribution in [3.8, 4) is 0 Å². The third-order valence-electron chi connectivity index (χ3n) is 3.71. The van der Waals surface area contributed by atoms with E-state index >= 15 is 0 Å². The van der Waals surface area contributed by atoms with Gasteiger partial charge in [-0.2, -0.15) is 4.31 Å². The molecule has 1 aliphatic rings. The van der Waals surface area contributed by atoms with Crippen LogP contribution in [0, 0.1) is 5.41 Å². The highest BCUT2D eigenvalue weighted by Crippen LogP contribution is 2.23. The summed E-state index contributed by atoms with van der Waals surface area (Å²) in [5.74, 6) is -0.116. The molecule has 1 aliphatic heterocycles. The zero-order valence-corrected chi connectivity index (χ0v) is 14.8. The minimum absolute atomic E-state index is 0.116. The smallest absolute Gasteiger partial charge is 0.243 e. The third kappa shape index (κ3) is 4.10. The fourth-order valence-corrected chi connectivity index (χ4v) is 3.83. The van der Waals surface area contributed by atoms with Crippen molar-refractivity contribution in [2.45, 2.75) is 38.6 Å². The zero-order valence-electron chi connectivity index (χ0n) is 14.0. The number of amides is 1. The van der Waals surface area contributed by atoms with Gasteiger partial charge in [0.25, 0.3) is 0 Å². The number of ether oxygens (including phenoxy) is 1. The van der Waals surface area contributed by atoms with Gasteiger partial charge in [0.05, 0.1) is 18.1 Å². The molecule has 0 radical (unpaired) electrons. The van der Waals surface area contributed by atoms with Gasteiger partial charge in [0.15, 0.2) is 0 Å². The summed E-state index contributed by atoms with van der Waals surface area (Å²) in [7, 11) is -3.54. The maximum atomic E-state index is 12.7. The Morgan fingerprint density at radius 1 is 1.26 bits per heavy atom. The fourth-order valence-electron chi connectivity index (χ4n) is 2.23. The van der Waals surface area contributed by atoms with Crippen LogP contribution in [0.5, 0.6) is 0 Å². The second-order valence-electron chi connectivity index (χ2n) is 6.77. The van der Waals surface area contributed by atoms with Gasteiger partial charge in [0.1, 0.15) is 0 Å². The zero-order chi connectivity index (χ0) is 17.3. The van der Waals surface area contributed by atoms with E-state index in [1.54, 1.807) is 12.1 Å². The maximum absolute atomic E-state index is 12.7. The SMILES string of the molecule is CC1COCCN1S(=O)(=O)c1ccc(NC(=O)C(C)(C)C)cc1. The van der Waals surface area contributed by atoms with Crippen LogP contribution in [-0.2, 0) is 19.6 Å². The largest absolute Gasteiger partial charge is 0.378 e. The van der Waals surface area contributed by atoms with Crippen molar-refractivity contribution in [3.05, 3.63) is 24.3 Å². The van der Waals surface area contributed by atoms with Crippen molar-refractivity contribution in [2.24, 2.45) is 5.41 Å². The minimum atomic E-state index is -3.54. The first-order valence-corrected chi connectivity index (χ1v) is 9.07. The van der Waals surface area contributed by atoms with Gasteiger partial charge >= 0.3 is 0 Å². The molecular formula is C16H24N2O4S. The van der Waals surface area contributed by atoms with E-state index in [-0.39, 0.29) is 16.8 Å². The summed E-state index contributed by atoms with van der Waals surface area (Å²) in [6.45, 7) is 8.45. The molecule has 2 rings (SSSR count). The van der Waals surface area contributed by atoms with Crippen LogP contribution in [-0.4, -0.2) is 44.4 Å². The summed E-state index contributed by atoms with van der Waals surface area (Å²) in [6.07, 6.45) is 0. The molecule has 0 aromatic heterocycles. The number of nitrogens with zero attached hydrogens (tertiary/aromatic N) is 1. The molecule has 1 aromatic carbocycles. The molecule has 1 aromatic rings. The van der Waals surface area contributed by atoms with Gasteiger partial charge in [-0.15, -0.1) is 0 Å². The number of benzene rings is 1. The Morgan fingerprint density at radius 2 is 1.87 bits per heavy atom. The lowest BCUT2D eigenvalue weighted by molar-refractivity contribution is -0.123. The quantitative estimate of drug-likeness (QED) is 0.914. The Labute approximate surface area is 137 Å². The number of rotatable bonds is 3. The first kappa shape index (κ1) is 17.9. The number of anilines is 1. The Balaban J connectivity index is 2.17. The molecule has 0 aliphatic carbocycles. The molecule has 1 amide bonds. The summed E-state index contributed by atoms with van der Waals surface area (Å²) in [5.41, 5.74) is 0.0763. The number of morpholine rings is 1. The molecule has 1 N–H and O–H groups in total. The normalized spacial score (nSPS) is 20.3. The number of nitrogens with one attached hydrogen (secondary N) is 1. The minimum Gasteiger partial charge on any atom is -0.378 e. The van der Waals surface area contributed by atoms with Gasteiger partial charge in [-0.25, -0.2) is 8.42 Å². The lowest BCUT2D eigenvalue weighted by atomic mass is 9.95. The highest BCUT2D eigenvalue weighted by atomic mass is 32.2. The molecule has 1 fully saturated rings. The van der Waals surface area contributed by atoms with E-state index in [9.17, 15) is 13.2 Å². The van der Waals surface area contributed by atoms with E-state index in [0.29, 0.717) is 25.4 Å². The molecule has 7 heteroatoms. The molecule has 1 atom stereocenters. The van der Waals surface area contributed by atoms with Gasteiger partial charge in [-0.1, -0.05) is 20.8 Å². The van der Waals surface area contributed by atoms with Gasteiger partial charge in [-0.3, -0.25) is 4.79 Å². The highest BCUT2D eigenvalue weighted by Gasteiger charge is 2.31. The second kappa shape index (κ2) is 6.59. The fraction of sp³-hybridized carbons (Fsp3) is 0.562. The molecular weight excluding hydrogens is 316 g/mol. The average Bonchev–Trinajstić information content (AvgIpc) is 2.47. The molecule has 23 heavy (non-hydrogen) atoms. The lowest BCUT2D eigenvalue weighted by Crippen LogP contribution is -2.46. The van der Waals surface area contributed by atoms with Gasteiger partial charge in [0, 0.05) is 23.7 Å². The second-order valence-corrected chi connectivity index (χ2v) is 8.66. The van der Waals surface area contributed by atoms with Crippen LogP contribution in [0.3, 0.4) is 0 Å². The Hall–Kier alpha value is -1.44. The summed E-state index contributed by atoms with van der Waals surface area (Å²) in [6, 6.07) is 6.09. The molecule has 1 saturated heterocycles. The number of carbonyl (C=O) groups excluding carboxylic acids is 1. The summed E-state index contributed by atoms with van der Waals surface area (Å²) in [5, 5.41) is 2.78. The van der Waals surface area contributed by atoms with Crippen molar-refractivity contribution in [2.75, 3.05) is 25.1 Å². The first-order chi connectivity index (χ1) is 10.6. The van der Waals surface area contributed by atoms with Crippen molar-refractivity contribution in [1.82, 2.24) is 4.31 Å². The Morgan fingerprint density at radius 3 is 2.39 bits per heavy atom. The van der Waals surface area contributed by atoms with Gasteiger partial charge < -0.3 is 10.1 Å². The van der Waals surface area contributed by atoms with Crippen LogP contribution < -0.4 is 5.32 Å². The number of hydrogen-bond donors (Lipinski definition) is 1. The van der Waals surface area contributed by atoms with E-state index in [1.165, 1.54) is 16.4 Å². The van der Waals surface area contributed by atoms with E-state index < -0.39 is 15.4 Å². The number of sulfonamides is 1. The van der Waals surface area contributed by atoms with Crippen LogP contribution >= 0.6 is 0 Å². The van der Waals surface area contributed by atoms with Crippen LogP contribution in [0.1, 0.15) is 27.7 Å². The molecule has 6 nitrogen and oxygen atoms in total. The molecule has 1 unspecified atom stereocenters. The highest BCUT2D eigenvalue weighted by molar-refractivity contribution is 7.89. The topological polar surface area (TPSA) is 75.7 Å². The summed E-state index contributed by atoms with van der Waals surface area (Å²) < 4.78 is 32.1. The molecule has 0 bridgehead atoms. The van der Waals surface area contributed by atoms with Crippen molar-refractivity contribution >= 4 is 21.6 Å². The van der Waals surface area contributed by atoms with E-state index in [1.807, 2.05) is 27.7 Å². The van der Waals surface area contributed by atoms with Crippen molar-refractivity contribution in [1.29, 1.82) is 0 Å². The van der Waals surface area contributed by atoms with Crippen LogP contribution in [0.25, 0.3) is 0 Å². The number of carbonyl (C=O) groups is 1. The van der Waals surface area contributed by atoms with E-state index in [2.05, 4.69) is 5.32 Å². The molecule has 1 heterocycles. The summed E-state index contributed by atoms with van der Waals surface area (Å²) in [4.78, 5) is 12.2. The molecule has 0 saturated carbocycles.